The van der Waals surface area contributed by atoms with Crippen LogP contribution in [0.1, 0.15) is 40.5 Å². The Morgan fingerprint density at radius 2 is 2.05 bits per heavy atom. The number of carbonyl (C=O) groups excluding carboxylic acids is 2. The molecular formula is C15H25N3O3. The number of ether oxygens (including phenoxy) is 1. The van der Waals surface area contributed by atoms with Crippen LogP contribution >= 0.6 is 0 Å². The van der Waals surface area contributed by atoms with E-state index in [0.29, 0.717) is 13.2 Å². The molecule has 0 bridgehead atoms. The van der Waals surface area contributed by atoms with Crippen LogP contribution in [0.2, 0.25) is 0 Å². The van der Waals surface area contributed by atoms with Gasteiger partial charge in [-0.1, -0.05) is 20.8 Å². The molecule has 0 spiro atoms. The minimum atomic E-state index is -0.338. The van der Waals surface area contributed by atoms with E-state index in [-0.39, 0.29) is 36.2 Å². The summed E-state index contributed by atoms with van der Waals surface area (Å²) in [6.45, 7) is 8.94. The minimum absolute atomic E-state index is 0.0404. The fourth-order valence-corrected chi connectivity index (χ4v) is 1.86. The first kappa shape index (κ1) is 17.2. The van der Waals surface area contributed by atoms with E-state index in [0.717, 1.165) is 0 Å². The number of nitrogens with zero attached hydrogens (tertiary/aromatic N) is 2. The number of esters is 1. The van der Waals surface area contributed by atoms with Crippen molar-refractivity contribution in [3.63, 3.8) is 0 Å². The fourth-order valence-electron chi connectivity index (χ4n) is 1.86. The Kier molecular flexibility index (Phi) is 6.39. The summed E-state index contributed by atoms with van der Waals surface area (Å²) in [5.41, 5.74) is -0.0934. The van der Waals surface area contributed by atoms with Crippen LogP contribution in [0.15, 0.2) is 18.7 Å². The average molecular weight is 295 g/mol. The lowest BCUT2D eigenvalue weighted by molar-refractivity contribution is -0.144. The van der Waals surface area contributed by atoms with E-state index < -0.39 is 0 Å². The van der Waals surface area contributed by atoms with Gasteiger partial charge in [0, 0.05) is 25.4 Å². The van der Waals surface area contributed by atoms with E-state index in [1.165, 1.54) is 0 Å². The Hall–Kier alpha value is -1.85. The summed E-state index contributed by atoms with van der Waals surface area (Å²) in [5.74, 6) is -0.474. The molecule has 0 aliphatic rings. The van der Waals surface area contributed by atoms with Gasteiger partial charge in [-0.2, -0.15) is 0 Å². The molecule has 0 saturated carbocycles. The SMILES string of the molecule is CCOC(=O)CCC(=O)NC(Cn1ccnc1)C(C)(C)C. The Balaban J connectivity index is 2.52. The maximum absolute atomic E-state index is 12.0. The number of hydrogen-bond acceptors (Lipinski definition) is 4. The summed E-state index contributed by atoms with van der Waals surface area (Å²) < 4.78 is 6.75. The Bertz CT molecular complexity index is 449. The largest absolute Gasteiger partial charge is 0.466 e. The highest BCUT2D eigenvalue weighted by atomic mass is 16.5. The second-order valence-corrected chi connectivity index (χ2v) is 6.05. The molecule has 1 rings (SSSR count). The van der Waals surface area contributed by atoms with Gasteiger partial charge < -0.3 is 14.6 Å². The zero-order chi connectivity index (χ0) is 15.9. The predicted octanol–water partition coefficient (Wildman–Crippen LogP) is 1.76. The number of amides is 1. The quantitative estimate of drug-likeness (QED) is 0.778. The first-order valence-corrected chi connectivity index (χ1v) is 7.23. The molecule has 0 aliphatic carbocycles. The van der Waals surface area contributed by atoms with Crippen molar-refractivity contribution in [2.24, 2.45) is 5.41 Å². The maximum atomic E-state index is 12.0. The molecule has 1 unspecified atom stereocenters. The lowest BCUT2D eigenvalue weighted by atomic mass is 9.86. The van der Waals surface area contributed by atoms with Gasteiger partial charge in [-0.25, -0.2) is 4.98 Å². The number of imidazole rings is 1. The number of aromatic nitrogens is 2. The molecule has 0 aliphatic heterocycles. The standard InChI is InChI=1S/C15H25N3O3/c1-5-21-14(20)7-6-13(19)17-12(15(2,3)4)10-18-9-8-16-11-18/h8-9,11-12H,5-7,10H2,1-4H3,(H,17,19). The molecule has 1 amide bonds. The molecule has 6 nitrogen and oxygen atoms in total. The van der Waals surface area contributed by atoms with Gasteiger partial charge in [0.2, 0.25) is 5.91 Å². The highest BCUT2D eigenvalue weighted by molar-refractivity contribution is 5.81. The van der Waals surface area contributed by atoms with Gasteiger partial charge in [0.05, 0.1) is 25.4 Å². The monoisotopic (exact) mass is 295 g/mol. The van der Waals surface area contributed by atoms with Gasteiger partial charge in [0.15, 0.2) is 0 Å². The van der Waals surface area contributed by atoms with Gasteiger partial charge in [0.25, 0.3) is 0 Å². The zero-order valence-electron chi connectivity index (χ0n) is 13.3. The normalized spacial score (nSPS) is 12.8. The van der Waals surface area contributed by atoms with Crippen LogP contribution in [0.3, 0.4) is 0 Å². The predicted molar refractivity (Wildman–Crippen MR) is 79.5 cm³/mol. The van der Waals surface area contributed by atoms with Crippen molar-refractivity contribution < 1.29 is 14.3 Å². The lowest BCUT2D eigenvalue weighted by Gasteiger charge is -2.31. The van der Waals surface area contributed by atoms with Crippen LogP contribution < -0.4 is 5.32 Å². The zero-order valence-corrected chi connectivity index (χ0v) is 13.3. The third-order valence-corrected chi connectivity index (χ3v) is 3.19. The van der Waals surface area contributed by atoms with Crippen LogP contribution in [0.25, 0.3) is 0 Å². The highest BCUT2D eigenvalue weighted by Crippen LogP contribution is 2.21. The minimum Gasteiger partial charge on any atom is -0.466 e. The van der Waals surface area contributed by atoms with Gasteiger partial charge in [-0.15, -0.1) is 0 Å². The molecule has 0 saturated heterocycles. The molecule has 6 heteroatoms. The maximum Gasteiger partial charge on any atom is 0.306 e. The molecule has 0 radical (unpaired) electrons. The molecule has 0 aromatic carbocycles. The molecule has 1 atom stereocenters. The first-order chi connectivity index (χ1) is 9.82. The van der Waals surface area contributed by atoms with Gasteiger partial charge in [0.1, 0.15) is 0 Å². The molecule has 21 heavy (non-hydrogen) atoms. The summed E-state index contributed by atoms with van der Waals surface area (Å²) in [6.07, 6.45) is 5.56. The summed E-state index contributed by atoms with van der Waals surface area (Å²) in [4.78, 5) is 27.3. The summed E-state index contributed by atoms with van der Waals surface area (Å²) in [6, 6.07) is -0.0404. The van der Waals surface area contributed by atoms with Crippen molar-refractivity contribution in [3.05, 3.63) is 18.7 Å². The van der Waals surface area contributed by atoms with Crippen molar-refractivity contribution in [3.8, 4) is 0 Å². The van der Waals surface area contributed by atoms with E-state index in [2.05, 4.69) is 31.1 Å². The third-order valence-electron chi connectivity index (χ3n) is 3.19. The van der Waals surface area contributed by atoms with Crippen molar-refractivity contribution >= 4 is 11.9 Å². The van der Waals surface area contributed by atoms with E-state index in [1.54, 1.807) is 19.4 Å². The van der Waals surface area contributed by atoms with E-state index in [9.17, 15) is 9.59 Å². The van der Waals surface area contributed by atoms with Crippen LogP contribution in [0.5, 0.6) is 0 Å². The molecule has 1 N–H and O–H groups in total. The van der Waals surface area contributed by atoms with Crippen molar-refractivity contribution in [1.29, 1.82) is 0 Å². The summed E-state index contributed by atoms with van der Waals surface area (Å²) in [7, 11) is 0. The molecule has 1 aromatic rings. The number of hydrogen-bond donors (Lipinski definition) is 1. The van der Waals surface area contributed by atoms with Gasteiger partial charge in [-0.3, -0.25) is 9.59 Å². The average Bonchev–Trinajstić information content (AvgIpc) is 2.88. The Morgan fingerprint density at radius 1 is 1.33 bits per heavy atom. The van der Waals surface area contributed by atoms with E-state index in [1.807, 2.05) is 10.8 Å². The van der Waals surface area contributed by atoms with E-state index in [4.69, 9.17) is 4.74 Å². The molecule has 0 fully saturated rings. The van der Waals surface area contributed by atoms with E-state index >= 15 is 0 Å². The third kappa shape index (κ3) is 6.42. The second kappa shape index (κ2) is 7.81. The number of carbonyl (C=O) groups is 2. The molecular weight excluding hydrogens is 270 g/mol. The Morgan fingerprint density at radius 3 is 2.57 bits per heavy atom. The number of nitrogens with one attached hydrogen (secondary N) is 1. The van der Waals surface area contributed by atoms with Crippen LogP contribution in [-0.4, -0.2) is 34.1 Å². The second-order valence-electron chi connectivity index (χ2n) is 6.05. The molecule has 1 heterocycles. The summed E-state index contributed by atoms with van der Waals surface area (Å²) in [5, 5.41) is 3.00. The fraction of sp³-hybridized carbons (Fsp3) is 0.667. The smallest absolute Gasteiger partial charge is 0.306 e. The van der Waals surface area contributed by atoms with Gasteiger partial charge in [-0.05, 0) is 12.3 Å². The van der Waals surface area contributed by atoms with Gasteiger partial charge >= 0.3 is 5.97 Å². The highest BCUT2D eigenvalue weighted by Gasteiger charge is 2.26. The lowest BCUT2D eigenvalue weighted by Crippen LogP contribution is -2.46. The van der Waals surface area contributed by atoms with Crippen molar-refractivity contribution in [2.75, 3.05) is 6.61 Å². The molecule has 1 aromatic heterocycles. The van der Waals surface area contributed by atoms with Crippen LogP contribution in [0.4, 0.5) is 0 Å². The topological polar surface area (TPSA) is 73.2 Å². The number of rotatable bonds is 7. The Labute approximate surface area is 125 Å². The van der Waals surface area contributed by atoms with Crippen LogP contribution in [-0.2, 0) is 20.9 Å². The van der Waals surface area contributed by atoms with Crippen molar-refractivity contribution in [1.82, 2.24) is 14.9 Å². The van der Waals surface area contributed by atoms with Crippen LogP contribution in [0, 0.1) is 5.41 Å². The first-order valence-electron chi connectivity index (χ1n) is 7.23. The molecule has 118 valence electrons. The summed E-state index contributed by atoms with van der Waals surface area (Å²) >= 11 is 0. The van der Waals surface area contributed by atoms with Crippen molar-refractivity contribution in [2.45, 2.75) is 53.1 Å².